The lowest BCUT2D eigenvalue weighted by atomic mass is 10.0. The number of thioether (sulfide) groups is 1. The summed E-state index contributed by atoms with van der Waals surface area (Å²) < 4.78 is 20.9. The summed E-state index contributed by atoms with van der Waals surface area (Å²) in [6.45, 7) is 3.94. The molecular weight excluding hydrogens is 395 g/mol. The van der Waals surface area contributed by atoms with E-state index in [1.807, 2.05) is 18.4 Å². The molecular formula is C20H25FN4O3S. The normalized spacial score (nSPS) is 14.7. The summed E-state index contributed by atoms with van der Waals surface area (Å²) in [5.74, 6) is -0.322. The van der Waals surface area contributed by atoms with Crippen LogP contribution in [0.3, 0.4) is 0 Å². The maximum Gasteiger partial charge on any atom is 0.328 e. The highest BCUT2D eigenvalue weighted by molar-refractivity contribution is 7.99. The molecule has 1 aromatic carbocycles. The Balaban J connectivity index is 1.70. The molecule has 0 unspecified atom stereocenters. The summed E-state index contributed by atoms with van der Waals surface area (Å²) >= 11 is 1.23. The lowest BCUT2D eigenvalue weighted by molar-refractivity contribution is -0.145. The molecule has 0 aliphatic heterocycles. The van der Waals surface area contributed by atoms with Gasteiger partial charge in [-0.15, -0.1) is 10.2 Å². The van der Waals surface area contributed by atoms with Crippen LogP contribution in [0.2, 0.25) is 0 Å². The molecule has 1 atom stereocenters. The first kappa shape index (κ1) is 21.3. The Kier molecular flexibility index (Phi) is 6.89. The van der Waals surface area contributed by atoms with Gasteiger partial charge in [0, 0.05) is 6.04 Å². The second-order valence-electron chi connectivity index (χ2n) is 7.45. The van der Waals surface area contributed by atoms with Crippen LogP contribution in [0.4, 0.5) is 4.39 Å². The summed E-state index contributed by atoms with van der Waals surface area (Å²) in [5.41, 5.74) is 0.394. The summed E-state index contributed by atoms with van der Waals surface area (Å²) in [5, 5.41) is 11.7. The molecule has 7 nitrogen and oxygen atoms in total. The van der Waals surface area contributed by atoms with Crippen LogP contribution in [0, 0.1) is 11.7 Å². The number of nitrogens with one attached hydrogen (secondary N) is 1. The molecule has 9 heteroatoms. The zero-order chi connectivity index (χ0) is 21.0. The van der Waals surface area contributed by atoms with Crippen molar-refractivity contribution in [2.45, 2.75) is 50.4 Å². The van der Waals surface area contributed by atoms with Crippen LogP contribution < -0.4 is 5.32 Å². The minimum atomic E-state index is -0.677. The highest BCUT2D eigenvalue weighted by atomic mass is 32.2. The zero-order valence-corrected chi connectivity index (χ0v) is 17.5. The second-order valence-corrected chi connectivity index (χ2v) is 8.39. The molecule has 0 bridgehead atoms. The molecule has 1 aliphatic rings. The number of amides is 1. The van der Waals surface area contributed by atoms with Gasteiger partial charge < -0.3 is 10.1 Å². The number of hydrogen-bond acceptors (Lipinski definition) is 6. The van der Waals surface area contributed by atoms with Gasteiger partial charge in [0.05, 0.1) is 18.4 Å². The van der Waals surface area contributed by atoms with Crippen LogP contribution in [0.5, 0.6) is 0 Å². The molecule has 1 aromatic heterocycles. The number of methoxy groups -OCH3 is 1. The number of esters is 1. The standard InChI is InChI=1S/C20H25FN4O3S/c1-12(2)10-16(19(27)28-3)22-17(26)11-29-20-24-23-18(25(20)13-8-9-13)14-6-4-5-7-15(14)21/h4-7,12-13,16H,8-11H2,1-3H3,(H,22,26)/t16-/m0/s1. The maximum absolute atomic E-state index is 14.2. The van der Waals surface area contributed by atoms with Gasteiger partial charge >= 0.3 is 5.97 Å². The van der Waals surface area contributed by atoms with Crippen molar-refractivity contribution in [2.24, 2.45) is 5.92 Å². The molecule has 1 saturated carbocycles. The molecule has 0 radical (unpaired) electrons. The van der Waals surface area contributed by atoms with Crippen LogP contribution >= 0.6 is 11.8 Å². The zero-order valence-electron chi connectivity index (χ0n) is 16.7. The molecule has 1 amide bonds. The summed E-state index contributed by atoms with van der Waals surface area (Å²) in [6, 6.07) is 5.99. The maximum atomic E-state index is 14.2. The van der Waals surface area contributed by atoms with Crippen molar-refractivity contribution >= 4 is 23.6 Å². The number of nitrogens with zero attached hydrogens (tertiary/aromatic N) is 3. The van der Waals surface area contributed by atoms with Crippen molar-refractivity contribution in [1.82, 2.24) is 20.1 Å². The third kappa shape index (κ3) is 5.35. The van der Waals surface area contributed by atoms with Gasteiger partial charge in [0.15, 0.2) is 11.0 Å². The first-order chi connectivity index (χ1) is 13.9. The van der Waals surface area contributed by atoms with Crippen LogP contribution in [-0.4, -0.2) is 45.5 Å². The van der Waals surface area contributed by atoms with Gasteiger partial charge in [0.25, 0.3) is 0 Å². The third-order valence-electron chi connectivity index (χ3n) is 4.55. The Bertz CT molecular complexity index is 882. The van der Waals surface area contributed by atoms with Crippen LogP contribution in [-0.2, 0) is 14.3 Å². The SMILES string of the molecule is COC(=O)[C@H](CC(C)C)NC(=O)CSc1nnc(-c2ccccc2F)n1C1CC1. The molecule has 1 fully saturated rings. The highest BCUT2D eigenvalue weighted by Crippen LogP contribution is 2.41. The Morgan fingerprint density at radius 2 is 2.03 bits per heavy atom. The van der Waals surface area contributed by atoms with Crippen molar-refractivity contribution in [2.75, 3.05) is 12.9 Å². The van der Waals surface area contributed by atoms with E-state index in [0.29, 0.717) is 23.0 Å². The number of rotatable bonds is 9. The number of halogens is 1. The molecule has 2 aromatic rings. The van der Waals surface area contributed by atoms with E-state index in [-0.39, 0.29) is 29.4 Å². The fourth-order valence-corrected chi connectivity index (χ4v) is 3.87. The third-order valence-corrected chi connectivity index (χ3v) is 5.49. The Morgan fingerprint density at radius 1 is 1.31 bits per heavy atom. The average molecular weight is 421 g/mol. The minimum Gasteiger partial charge on any atom is -0.467 e. The lowest BCUT2D eigenvalue weighted by Crippen LogP contribution is -2.43. The number of benzene rings is 1. The number of ether oxygens (including phenoxy) is 1. The van der Waals surface area contributed by atoms with Crippen molar-refractivity contribution in [3.05, 3.63) is 30.1 Å². The van der Waals surface area contributed by atoms with Gasteiger partial charge in [-0.25, -0.2) is 9.18 Å². The van der Waals surface area contributed by atoms with E-state index in [1.165, 1.54) is 24.9 Å². The fraction of sp³-hybridized carbons (Fsp3) is 0.500. The van der Waals surface area contributed by atoms with E-state index in [9.17, 15) is 14.0 Å². The Morgan fingerprint density at radius 3 is 2.66 bits per heavy atom. The van der Waals surface area contributed by atoms with Gasteiger partial charge in [-0.1, -0.05) is 37.7 Å². The van der Waals surface area contributed by atoms with Crippen molar-refractivity contribution in [3.63, 3.8) is 0 Å². The summed E-state index contributed by atoms with van der Waals surface area (Å²) in [4.78, 5) is 24.3. The van der Waals surface area contributed by atoms with Crippen LogP contribution in [0.25, 0.3) is 11.4 Å². The quantitative estimate of drug-likeness (QED) is 0.495. The Hall–Kier alpha value is -2.42. The van der Waals surface area contributed by atoms with Gasteiger partial charge in [-0.05, 0) is 37.3 Å². The predicted molar refractivity (Wildman–Crippen MR) is 108 cm³/mol. The van der Waals surface area contributed by atoms with Gasteiger partial charge in [-0.3, -0.25) is 9.36 Å². The largest absolute Gasteiger partial charge is 0.467 e. The van der Waals surface area contributed by atoms with Gasteiger partial charge in [0.2, 0.25) is 5.91 Å². The van der Waals surface area contributed by atoms with E-state index in [2.05, 4.69) is 15.5 Å². The lowest BCUT2D eigenvalue weighted by Gasteiger charge is -2.18. The van der Waals surface area contributed by atoms with E-state index in [0.717, 1.165) is 12.8 Å². The van der Waals surface area contributed by atoms with Crippen LogP contribution in [0.15, 0.2) is 29.4 Å². The first-order valence-corrected chi connectivity index (χ1v) is 10.6. The number of carbonyl (C=O) groups is 2. The summed E-state index contributed by atoms with van der Waals surface area (Å²) in [7, 11) is 1.30. The van der Waals surface area contributed by atoms with E-state index < -0.39 is 12.0 Å². The van der Waals surface area contributed by atoms with Gasteiger partial charge in [0.1, 0.15) is 11.9 Å². The van der Waals surface area contributed by atoms with Crippen molar-refractivity contribution in [1.29, 1.82) is 0 Å². The molecule has 1 heterocycles. The number of hydrogen-bond donors (Lipinski definition) is 1. The molecule has 1 N–H and O–H groups in total. The first-order valence-electron chi connectivity index (χ1n) is 9.60. The van der Waals surface area contributed by atoms with Gasteiger partial charge in [-0.2, -0.15) is 0 Å². The van der Waals surface area contributed by atoms with E-state index >= 15 is 0 Å². The molecule has 29 heavy (non-hydrogen) atoms. The number of aromatic nitrogens is 3. The molecule has 0 spiro atoms. The summed E-state index contributed by atoms with van der Waals surface area (Å²) in [6.07, 6.45) is 2.44. The highest BCUT2D eigenvalue weighted by Gasteiger charge is 2.31. The fourth-order valence-electron chi connectivity index (χ4n) is 3.06. The topological polar surface area (TPSA) is 86.1 Å². The number of carbonyl (C=O) groups excluding carboxylic acids is 2. The average Bonchev–Trinajstić information content (AvgIpc) is 3.44. The van der Waals surface area contributed by atoms with Crippen LogP contribution in [0.1, 0.15) is 39.2 Å². The Labute approximate surface area is 173 Å². The van der Waals surface area contributed by atoms with E-state index in [4.69, 9.17) is 4.74 Å². The smallest absolute Gasteiger partial charge is 0.328 e. The van der Waals surface area contributed by atoms with Crippen molar-refractivity contribution in [3.8, 4) is 11.4 Å². The van der Waals surface area contributed by atoms with E-state index in [1.54, 1.807) is 18.2 Å². The molecule has 0 saturated heterocycles. The molecule has 3 rings (SSSR count). The van der Waals surface area contributed by atoms with Crippen molar-refractivity contribution < 1.29 is 18.7 Å². The molecule has 1 aliphatic carbocycles. The second kappa shape index (κ2) is 9.39. The minimum absolute atomic E-state index is 0.0771. The molecule has 156 valence electrons. The predicted octanol–water partition coefficient (Wildman–Crippen LogP) is 3.22. The monoisotopic (exact) mass is 420 g/mol.